The second-order valence-corrected chi connectivity index (χ2v) is 9.02. The van der Waals surface area contributed by atoms with Crippen molar-refractivity contribution in [3.05, 3.63) is 65.0 Å². The minimum Gasteiger partial charge on any atom is -0.491 e. The van der Waals surface area contributed by atoms with Crippen molar-refractivity contribution >= 4 is 11.8 Å². The lowest BCUT2D eigenvalue weighted by molar-refractivity contribution is -0.138. The number of allylic oxidation sites excluding steroid dienone is 3. The maximum atomic E-state index is 13.3. The molecule has 1 N–H and O–H groups in total. The SMILES string of the molecule is C=CCOC(=O)C1=C(C)NC2=C(C(=O)CC(C)(C)C2)C1c1ccccc1OC(C)C. The van der Waals surface area contributed by atoms with Crippen LogP contribution in [0.15, 0.2) is 59.5 Å². The molecule has 0 saturated heterocycles. The standard InChI is InChI=1S/C25H31NO4/c1-7-12-29-24(28)21-16(4)26-18-13-25(5,6)14-19(27)23(18)22(21)17-10-8-9-11-20(17)30-15(2)3/h7-11,15,22,26H,1,12-14H2,2-6H3. The maximum absolute atomic E-state index is 13.3. The third-order valence-corrected chi connectivity index (χ3v) is 5.38. The molecule has 0 amide bonds. The Hall–Kier alpha value is -2.82. The Labute approximate surface area is 178 Å². The van der Waals surface area contributed by atoms with Gasteiger partial charge in [0.05, 0.1) is 17.6 Å². The van der Waals surface area contributed by atoms with E-state index < -0.39 is 11.9 Å². The summed E-state index contributed by atoms with van der Waals surface area (Å²) in [5.74, 6) is -0.254. The third kappa shape index (κ3) is 4.35. The van der Waals surface area contributed by atoms with Gasteiger partial charge in [0.1, 0.15) is 12.4 Å². The molecule has 2 aliphatic rings. The minimum atomic E-state index is -0.530. The van der Waals surface area contributed by atoms with Gasteiger partial charge in [-0.3, -0.25) is 4.79 Å². The van der Waals surface area contributed by atoms with Gasteiger partial charge in [0, 0.05) is 29.0 Å². The van der Waals surface area contributed by atoms with Crippen molar-refractivity contribution in [2.45, 2.75) is 59.5 Å². The van der Waals surface area contributed by atoms with E-state index in [1.54, 1.807) is 0 Å². The molecule has 0 radical (unpaired) electrons. The Kier molecular flexibility index (Phi) is 6.20. The Balaban J connectivity index is 2.20. The van der Waals surface area contributed by atoms with Gasteiger partial charge in [-0.15, -0.1) is 0 Å². The highest BCUT2D eigenvalue weighted by Crippen LogP contribution is 2.48. The second kappa shape index (κ2) is 8.50. The van der Waals surface area contributed by atoms with Crippen molar-refractivity contribution in [1.82, 2.24) is 5.32 Å². The number of carbonyl (C=O) groups excluding carboxylic acids is 2. The van der Waals surface area contributed by atoms with Crippen LogP contribution in [0.25, 0.3) is 0 Å². The molecule has 0 fully saturated rings. The van der Waals surface area contributed by atoms with E-state index in [-0.39, 0.29) is 23.9 Å². The lowest BCUT2D eigenvalue weighted by Gasteiger charge is -2.39. The molecule has 160 valence electrons. The van der Waals surface area contributed by atoms with Crippen LogP contribution in [0.3, 0.4) is 0 Å². The Bertz CT molecular complexity index is 936. The van der Waals surface area contributed by atoms with Gasteiger partial charge in [0.2, 0.25) is 0 Å². The van der Waals surface area contributed by atoms with Crippen molar-refractivity contribution in [1.29, 1.82) is 0 Å². The van der Waals surface area contributed by atoms with Gasteiger partial charge in [-0.05, 0) is 38.7 Å². The number of hydrogen-bond donors (Lipinski definition) is 1. The fourth-order valence-corrected chi connectivity index (χ4v) is 4.31. The average molecular weight is 410 g/mol. The van der Waals surface area contributed by atoms with Crippen LogP contribution in [-0.4, -0.2) is 24.5 Å². The zero-order valence-corrected chi connectivity index (χ0v) is 18.5. The molecule has 1 aliphatic carbocycles. The van der Waals surface area contributed by atoms with Crippen molar-refractivity contribution < 1.29 is 19.1 Å². The summed E-state index contributed by atoms with van der Waals surface area (Å²) in [4.78, 5) is 26.4. The summed E-state index contributed by atoms with van der Waals surface area (Å²) in [5, 5.41) is 3.34. The first-order valence-electron chi connectivity index (χ1n) is 10.4. The number of ketones is 1. The van der Waals surface area contributed by atoms with Gasteiger partial charge in [0.15, 0.2) is 5.78 Å². The summed E-state index contributed by atoms with van der Waals surface area (Å²) < 4.78 is 11.5. The van der Waals surface area contributed by atoms with Crippen molar-refractivity contribution in [2.75, 3.05) is 6.61 Å². The first-order chi connectivity index (χ1) is 14.1. The van der Waals surface area contributed by atoms with Crippen LogP contribution in [0, 0.1) is 5.41 Å². The number of ether oxygens (including phenoxy) is 2. The van der Waals surface area contributed by atoms with Gasteiger partial charge in [-0.25, -0.2) is 4.79 Å². The number of nitrogens with one attached hydrogen (secondary N) is 1. The lowest BCUT2D eigenvalue weighted by atomic mass is 9.68. The number of esters is 1. The monoisotopic (exact) mass is 409 g/mol. The second-order valence-electron chi connectivity index (χ2n) is 9.02. The van der Waals surface area contributed by atoms with E-state index in [1.165, 1.54) is 6.08 Å². The summed E-state index contributed by atoms with van der Waals surface area (Å²) in [6, 6.07) is 7.62. The molecule has 1 unspecified atom stereocenters. The van der Waals surface area contributed by atoms with Crippen LogP contribution in [0.5, 0.6) is 5.75 Å². The fourth-order valence-electron chi connectivity index (χ4n) is 4.31. The molecule has 3 rings (SSSR count). The molecule has 0 aromatic heterocycles. The Morgan fingerprint density at radius 3 is 2.67 bits per heavy atom. The predicted octanol–water partition coefficient (Wildman–Crippen LogP) is 4.81. The van der Waals surface area contributed by atoms with Crippen LogP contribution < -0.4 is 10.1 Å². The highest BCUT2D eigenvalue weighted by molar-refractivity contribution is 6.04. The quantitative estimate of drug-likeness (QED) is 0.540. The molecule has 0 saturated carbocycles. The predicted molar refractivity (Wildman–Crippen MR) is 117 cm³/mol. The van der Waals surface area contributed by atoms with E-state index in [4.69, 9.17) is 9.47 Å². The van der Waals surface area contributed by atoms with Crippen molar-refractivity contribution in [3.8, 4) is 5.75 Å². The molecule has 1 aromatic rings. The number of Topliss-reactive ketones (excluding diaryl/α,β-unsaturated/α-hetero) is 1. The number of benzene rings is 1. The Morgan fingerprint density at radius 1 is 1.30 bits per heavy atom. The third-order valence-electron chi connectivity index (χ3n) is 5.38. The van der Waals surface area contributed by atoms with E-state index in [2.05, 4.69) is 25.7 Å². The molecule has 0 bridgehead atoms. The number of rotatable bonds is 6. The first kappa shape index (κ1) is 21.9. The van der Waals surface area contributed by atoms with Crippen LogP contribution in [-0.2, 0) is 14.3 Å². The van der Waals surface area contributed by atoms with Crippen LogP contribution in [0.2, 0.25) is 0 Å². The fraction of sp³-hybridized carbons (Fsp3) is 0.440. The van der Waals surface area contributed by atoms with Gasteiger partial charge in [-0.2, -0.15) is 0 Å². The molecule has 1 atom stereocenters. The zero-order valence-electron chi connectivity index (χ0n) is 18.5. The van der Waals surface area contributed by atoms with E-state index >= 15 is 0 Å². The van der Waals surface area contributed by atoms with Crippen molar-refractivity contribution in [3.63, 3.8) is 0 Å². The summed E-state index contributed by atoms with van der Waals surface area (Å²) in [6.07, 6.45) is 2.67. The number of carbonyl (C=O) groups is 2. The number of hydrogen-bond acceptors (Lipinski definition) is 5. The number of dihydropyridines is 1. The molecule has 1 heterocycles. The van der Waals surface area contributed by atoms with E-state index in [9.17, 15) is 9.59 Å². The summed E-state index contributed by atoms with van der Waals surface area (Å²) in [5.41, 5.74) is 3.35. The maximum Gasteiger partial charge on any atom is 0.337 e. The zero-order chi connectivity index (χ0) is 22.1. The van der Waals surface area contributed by atoms with Crippen LogP contribution in [0.1, 0.15) is 58.9 Å². The average Bonchev–Trinajstić information content (AvgIpc) is 2.64. The smallest absolute Gasteiger partial charge is 0.337 e. The van der Waals surface area contributed by atoms with E-state index in [1.807, 2.05) is 45.0 Å². The molecular formula is C25H31NO4. The summed E-state index contributed by atoms with van der Waals surface area (Å²) >= 11 is 0. The van der Waals surface area contributed by atoms with Gasteiger partial charge in [-0.1, -0.05) is 44.7 Å². The van der Waals surface area contributed by atoms with Gasteiger partial charge in [0.25, 0.3) is 0 Å². The normalized spacial score (nSPS) is 20.6. The first-order valence-corrected chi connectivity index (χ1v) is 10.4. The lowest BCUT2D eigenvalue weighted by Crippen LogP contribution is -2.38. The highest BCUT2D eigenvalue weighted by Gasteiger charge is 2.44. The van der Waals surface area contributed by atoms with Gasteiger partial charge < -0.3 is 14.8 Å². The molecule has 0 spiro atoms. The molecule has 1 aliphatic heterocycles. The molecular weight excluding hydrogens is 378 g/mol. The minimum absolute atomic E-state index is 0.0384. The van der Waals surface area contributed by atoms with Gasteiger partial charge >= 0.3 is 5.97 Å². The van der Waals surface area contributed by atoms with Crippen molar-refractivity contribution in [2.24, 2.45) is 5.41 Å². The highest BCUT2D eigenvalue weighted by atomic mass is 16.5. The van der Waals surface area contributed by atoms with E-state index in [0.29, 0.717) is 29.0 Å². The Morgan fingerprint density at radius 2 is 2.00 bits per heavy atom. The summed E-state index contributed by atoms with van der Waals surface area (Å²) in [6.45, 7) is 13.7. The molecule has 5 nitrogen and oxygen atoms in total. The molecule has 30 heavy (non-hydrogen) atoms. The van der Waals surface area contributed by atoms with E-state index in [0.717, 1.165) is 17.7 Å². The largest absolute Gasteiger partial charge is 0.491 e. The van der Waals surface area contributed by atoms with Crippen LogP contribution in [0.4, 0.5) is 0 Å². The number of para-hydroxylation sites is 1. The molecule has 1 aromatic carbocycles. The summed E-state index contributed by atoms with van der Waals surface area (Å²) in [7, 11) is 0. The molecule has 5 heteroatoms. The van der Waals surface area contributed by atoms with Crippen LogP contribution >= 0.6 is 0 Å². The topological polar surface area (TPSA) is 64.6 Å².